The number of hydrogen-bond donors (Lipinski definition) is 0. The fraction of sp³-hybridized carbons (Fsp3) is 0.217. The van der Waals surface area contributed by atoms with Gasteiger partial charge in [0.25, 0.3) is 0 Å². The highest BCUT2D eigenvalue weighted by Crippen LogP contribution is 2.35. The number of benzene rings is 2. The van der Waals surface area contributed by atoms with Gasteiger partial charge in [0.05, 0.1) is 12.5 Å². The maximum Gasteiger partial charge on any atom is 0.227 e. The Morgan fingerprint density at radius 2 is 2.00 bits per heavy atom. The summed E-state index contributed by atoms with van der Waals surface area (Å²) in [6, 6.07) is 16.4. The van der Waals surface area contributed by atoms with Crippen LogP contribution in [0.4, 0.5) is 4.39 Å². The maximum absolute atomic E-state index is 13.2. The third-order valence-corrected chi connectivity index (χ3v) is 5.12. The van der Waals surface area contributed by atoms with Gasteiger partial charge >= 0.3 is 0 Å². The van der Waals surface area contributed by atoms with E-state index in [0.29, 0.717) is 6.54 Å². The summed E-state index contributed by atoms with van der Waals surface area (Å²) in [7, 11) is 0. The largest absolute Gasteiger partial charge is 0.331 e. The fourth-order valence-electron chi connectivity index (χ4n) is 3.80. The molecule has 1 aliphatic heterocycles. The van der Waals surface area contributed by atoms with Crippen LogP contribution < -0.4 is 0 Å². The highest BCUT2D eigenvalue weighted by Gasteiger charge is 2.32. The monoisotopic (exact) mass is 360 g/mol. The van der Waals surface area contributed by atoms with Crippen LogP contribution in [0.1, 0.15) is 33.9 Å². The quantitative estimate of drug-likeness (QED) is 0.700. The second-order valence-electron chi connectivity index (χ2n) is 7.03. The van der Waals surface area contributed by atoms with Crippen molar-refractivity contribution in [1.82, 2.24) is 9.88 Å². The highest BCUT2D eigenvalue weighted by molar-refractivity contribution is 5.80. The van der Waals surface area contributed by atoms with E-state index in [9.17, 15) is 9.18 Å². The van der Waals surface area contributed by atoms with Crippen LogP contribution in [0.25, 0.3) is 0 Å². The second-order valence-corrected chi connectivity index (χ2v) is 7.03. The molecule has 3 aromatic rings. The van der Waals surface area contributed by atoms with Gasteiger partial charge in [-0.3, -0.25) is 9.78 Å². The number of nitrogens with zero attached hydrogens (tertiary/aromatic N) is 2. The Labute approximate surface area is 158 Å². The summed E-state index contributed by atoms with van der Waals surface area (Å²) < 4.78 is 13.2. The second kappa shape index (κ2) is 7.31. The van der Waals surface area contributed by atoms with Crippen molar-refractivity contribution in [2.75, 3.05) is 6.54 Å². The number of aromatic nitrogens is 1. The number of carbonyl (C=O) groups is 1. The number of rotatable bonds is 3. The highest BCUT2D eigenvalue weighted by atomic mass is 19.1. The molecule has 0 saturated carbocycles. The molecule has 1 aromatic heterocycles. The molecule has 0 fully saturated rings. The molecule has 0 saturated heterocycles. The minimum Gasteiger partial charge on any atom is -0.331 e. The molecular weight excluding hydrogens is 339 g/mol. The van der Waals surface area contributed by atoms with Crippen LogP contribution in [0.5, 0.6) is 0 Å². The molecule has 2 heterocycles. The normalized spacial score (nSPS) is 16.1. The van der Waals surface area contributed by atoms with Crippen LogP contribution in [-0.4, -0.2) is 22.3 Å². The van der Waals surface area contributed by atoms with Crippen LogP contribution >= 0.6 is 0 Å². The van der Waals surface area contributed by atoms with Crippen molar-refractivity contribution in [3.05, 3.63) is 101 Å². The number of fused-ring (bicyclic) bond motifs is 1. The van der Waals surface area contributed by atoms with E-state index in [-0.39, 0.29) is 24.2 Å². The topological polar surface area (TPSA) is 33.2 Å². The lowest BCUT2D eigenvalue weighted by Crippen LogP contribution is -2.41. The molecular formula is C23H21FN2O. The maximum atomic E-state index is 13.2. The molecule has 136 valence electrons. The Morgan fingerprint density at radius 1 is 1.19 bits per heavy atom. The third kappa shape index (κ3) is 3.61. The van der Waals surface area contributed by atoms with Crippen molar-refractivity contribution in [3.8, 4) is 0 Å². The van der Waals surface area contributed by atoms with Gasteiger partial charge in [-0.25, -0.2) is 4.39 Å². The molecule has 0 aliphatic carbocycles. The summed E-state index contributed by atoms with van der Waals surface area (Å²) in [4.78, 5) is 19.3. The average molecular weight is 360 g/mol. The van der Waals surface area contributed by atoms with Crippen LogP contribution in [0, 0.1) is 12.7 Å². The van der Waals surface area contributed by atoms with Gasteiger partial charge in [0.2, 0.25) is 5.91 Å². The summed E-state index contributed by atoms with van der Waals surface area (Å²) in [5, 5.41) is 0. The van der Waals surface area contributed by atoms with Crippen molar-refractivity contribution in [2.24, 2.45) is 0 Å². The van der Waals surface area contributed by atoms with Gasteiger partial charge < -0.3 is 4.90 Å². The predicted octanol–water partition coefficient (Wildman–Crippen LogP) is 4.25. The number of hydrogen-bond acceptors (Lipinski definition) is 2. The summed E-state index contributed by atoms with van der Waals surface area (Å²) in [6.07, 6.45) is 4.67. The molecule has 4 rings (SSSR count). The van der Waals surface area contributed by atoms with E-state index < -0.39 is 0 Å². The van der Waals surface area contributed by atoms with Crippen LogP contribution in [0.2, 0.25) is 0 Å². The third-order valence-electron chi connectivity index (χ3n) is 5.12. The summed E-state index contributed by atoms with van der Waals surface area (Å²) in [5.74, 6) is -0.247. The summed E-state index contributed by atoms with van der Waals surface area (Å²) >= 11 is 0. The fourth-order valence-corrected chi connectivity index (χ4v) is 3.80. The van der Waals surface area contributed by atoms with Crippen molar-refractivity contribution in [1.29, 1.82) is 0 Å². The molecule has 27 heavy (non-hydrogen) atoms. The minimum atomic E-state index is -0.290. The first kappa shape index (κ1) is 17.4. The SMILES string of the molecule is Cc1ccc2c(c1)CCN(C(=O)Cc1ccc(F)cc1)C2c1cccnc1. The summed E-state index contributed by atoms with van der Waals surface area (Å²) in [5.41, 5.74) is 5.50. The standard InChI is InChI=1S/C23H21FN2O/c1-16-4-9-21-18(13-16)10-12-26(23(21)19-3-2-11-25-15-19)22(27)14-17-5-7-20(24)8-6-17/h2-9,11,13,15,23H,10,12,14H2,1H3. The van der Waals surface area contributed by atoms with Crippen LogP contribution in [-0.2, 0) is 17.6 Å². The molecule has 1 aliphatic rings. The number of halogens is 1. The zero-order chi connectivity index (χ0) is 18.8. The Balaban J connectivity index is 1.69. The lowest BCUT2D eigenvalue weighted by atomic mass is 9.87. The van der Waals surface area contributed by atoms with Gasteiger partial charge in [0.15, 0.2) is 0 Å². The molecule has 0 radical (unpaired) electrons. The Bertz CT molecular complexity index is 954. The van der Waals surface area contributed by atoms with E-state index in [4.69, 9.17) is 0 Å². The number of amides is 1. The molecule has 2 aromatic carbocycles. The molecule has 4 heteroatoms. The molecule has 0 bridgehead atoms. The molecule has 0 spiro atoms. The lowest BCUT2D eigenvalue weighted by molar-refractivity contribution is -0.132. The zero-order valence-corrected chi connectivity index (χ0v) is 15.2. The van der Waals surface area contributed by atoms with Gasteiger partial charge in [0.1, 0.15) is 5.82 Å². The lowest BCUT2D eigenvalue weighted by Gasteiger charge is -2.38. The van der Waals surface area contributed by atoms with E-state index >= 15 is 0 Å². The van der Waals surface area contributed by atoms with E-state index in [1.54, 1.807) is 18.3 Å². The van der Waals surface area contributed by atoms with E-state index in [0.717, 1.165) is 23.1 Å². The van der Waals surface area contributed by atoms with E-state index in [2.05, 4.69) is 30.1 Å². The number of pyridine rings is 1. The van der Waals surface area contributed by atoms with Crippen molar-refractivity contribution in [3.63, 3.8) is 0 Å². The molecule has 1 amide bonds. The van der Waals surface area contributed by atoms with Gasteiger partial charge in [-0.2, -0.15) is 0 Å². The van der Waals surface area contributed by atoms with Gasteiger partial charge in [0, 0.05) is 18.9 Å². The van der Waals surface area contributed by atoms with E-state index in [1.165, 1.54) is 23.3 Å². The molecule has 3 nitrogen and oxygen atoms in total. The van der Waals surface area contributed by atoms with Gasteiger partial charge in [-0.05, 0) is 53.8 Å². The molecule has 1 atom stereocenters. The van der Waals surface area contributed by atoms with Crippen LogP contribution in [0.15, 0.2) is 67.0 Å². The van der Waals surface area contributed by atoms with E-state index in [1.807, 2.05) is 23.2 Å². The van der Waals surface area contributed by atoms with Crippen molar-refractivity contribution >= 4 is 5.91 Å². The Morgan fingerprint density at radius 3 is 2.74 bits per heavy atom. The van der Waals surface area contributed by atoms with Crippen molar-refractivity contribution < 1.29 is 9.18 Å². The molecule has 1 unspecified atom stereocenters. The first-order chi connectivity index (χ1) is 13.1. The Kier molecular flexibility index (Phi) is 4.71. The average Bonchev–Trinajstić information content (AvgIpc) is 2.69. The minimum absolute atomic E-state index is 0.0432. The summed E-state index contributed by atoms with van der Waals surface area (Å²) in [6.45, 7) is 2.75. The van der Waals surface area contributed by atoms with Crippen molar-refractivity contribution in [2.45, 2.75) is 25.8 Å². The van der Waals surface area contributed by atoms with Gasteiger partial charge in [-0.1, -0.05) is 42.0 Å². The molecule has 0 N–H and O–H groups in total. The first-order valence-corrected chi connectivity index (χ1v) is 9.15. The zero-order valence-electron chi connectivity index (χ0n) is 15.2. The van der Waals surface area contributed by atoms with Gasteiger partial charge in [-0.15, -0.1) is 0 Å². The van der Waals surface area contributed by atoms with Crippen LogP contribution in [0.3, 0.4) is 0 Å². The first-order valence-electron chi connectivity index (χ1n) is 9.15. The Hall–Kier alpha value is -3.01. The number of carbonyl (C=O) groups excluding carboxylic acids is 1. The predicted molar refractivity (Wildman–Crippen MR) is 103 cm³/mol. The number of aryl methyl sites for hydroxylation is 1. The smallest absolute Gasteiger partial charge is 0.227 e.